The van der Waals surface area contributed by atoms with E-state index >= 15 is 0 Å². The van der Waals surface area contributed by atoms with Gasteiger partial charge in [0.1, 0.15) is 5.75 Å². The summed E-state index contributed by atoms with van der Waals surface area (Å²) >= 11 is 0. The lowest BCUT2D eigenvalue weighted by atomic mass is 10.00. The predicted molar refractivity (Wildman–Crippen MR) is 116 cm³/mol. The van der Waals surface area contributed by atoms with Crippen LogP contribution in [0.5, 0.6) is 5.75 Å². The van der Waals surface area contributed by atoms with E-state index in [1.165, 1.54) is 5.06 Å². The lowest BCUT2D eigenvalue weighted by Crippen LogP contribution is -2.33. The van der Waals surface area contributed by atoms with Crippen LogP contribution in [0, 0.1) is 6.92 Å². The number of anilines is 2. The van der Waals surface area contributed by atoms with Gasteiger partial charge in [0.05, 0.1) is 19.1 Å². The molecule has 2 aromatic rings. The summed E-state index contributed by atoms with van der Waals surface area (Å²) in [5, 5.41) is 22.5. The normalized spacial score (nSPS) is 11.9. The number of nitrogens with two attached hydrogens (primary N) is 1. The Kier molecular flexibility index (Phi) is 8.41. The number of nitrogen functional groups attached to an aromatic ring is 1. The van der Waals surface area contributed by atoms with Crippen LogP contribution in [0.25, 0.3) is 0 Å². The Labute approximate surface area is 177 Å². The Balaban J connectivity index is 2.35. The third kappa shape index (κ3) is 5.82. The van der Waals surface area contributed by atoms with E-state index in [1.807, 2.05) is 6.92 Å². The molecular weight excluding hydrogens is 384 g/mol. The average molecular weight is 417 g/mol. The molecule has 164 valence electrons. The van der Waals surface area contributed by atoms with E-state index in [0.29, 0.717) is 41.2 Å². The van der Waals surface area contributed by atoms with Gasteiger partial charge in [0.25, 0.3) is 0 Å². The van der Waals surface area contributed by atoms with Crippen LogP contribution in [0.4, 0.5) is 11.8 Å². The van der Waals surface area contributed by atoms with Gasteiger partial charge in [-0.15, -0.1) is 0 Å². The second-order valence-corrected chi connectivity index (χ2v) is 7.29. The van der Waals surface area contributed by atoms with E-state index in [4.69, 9.17) is 10.5 Å². The minimum absolute atomic E-state index is 0.0593. The zero-order valence-corrected chi connectivity index (χ0v) is 18.2. The number of hydroxylamine groups is 1. The Morgan fingerprint density at radius 2 is 2.00 bits per heavy atom. The van der Waals surface area contributed by atoms with Gasteiger partial charge in [-0.2, -0.15) is 4.98 Å². The van der Waals surface area contributed by atoms with Gasteiger partial charge in [0.2, 0.25) is 5.95 Å². The molecule has 0 aliphatic carbocycles. The molecule has 0 saturated heterocycles. The molecule has 0 radical (unpaired) electrons. The molecule has 1 unspecified atom stereocenters. The number of aromatic nitrogens is 2. The van der Waals surface area contributed by atoms with E-state index in [-0.39, 0.29) is 30.1 Å². The van der Waals surface area contributed by atoms with Gasteiger partial charge in [0, 0.05) is 17.7 Å². The number of esters is 1. The average Bonchev–Trinajstić information content (AvgIpc) is 2.69. The fourth-order valence-electron chi connectivity index (χ4n) is 3.44. The van der Waals surface area contributed by atoms with Gasteiger partial charge in [0.15, 0.2) is 5.82 Å². The molecule has 2 rings (SSSR count). The summed E-state index contributed by atoms with van der Waals surface area (Å²) in [4.78, 5) is 20.2. The summed E-state index contributed by atoms with van der Waals surface area (Å²) in [5.74, 6) is 0.164. The molecule has 8 heteroatoms. The highest BCUT2D eigenvalue weighted by Gasteiger charge is 2.22. The summed E-state index contributed by atoms with van der Waals surface area (Å²) in [5.41, 5.74) is 8.47. The first kappa shape index (κ1) is 23.4. The van der Waals surface area contributed by atoms with E-state index in [9.17, 15) is 15.1 Å². The maximum absolute atomic E-state index is 11.7. The molecule has 0 aliphatic heterocycles. The number of rotatable bonds is 10. The van der Waals surface area contributed by atoms with Gasteiger partial charge in [-0.05, 0) is 43.9 Å². The lowest BCUT2D eigenvalue weighted by molar-refractivity contribution is -0.142. The molecule has 0 aliphatic rings. The van der Waals surface area contributed by atoms with Crippen LogP contribution in [-0.2, 0) is 22.4 Å². The fourth-order valence-corrected chi connectivity index (χ4v) is 3.44. The second kappa shape index (κ2) is 10.8. The molecule has 1 heterocycles. The minimum Gasteiger partial charge on any atom is -0.508 e. The molecule has 0 spiro atoms. The second-order valence-electron chi connectivity index (χ2n) is 7.29. The number of aryl methyl sites for hydroxylation is 1. The molecular formula is C22H32N4O4. The van der Waals surface area contributed by atoms with Crippen LogP contribution in [-0.4, -0.2) is 38.9 Å². The van der Waals surface area contributed by atoms with Gasteiger partial charge >= 0.3 is 5.97 Å². The first-order chi connectivity index (χ1) is 14.3. The van der Waals surface area contributed by atoms with Crippen molar-refractivity contribution in [1.29, 1.82) is 0 Å². The van der Waals surface area contributed by atoms with Crippen molar-refractivity contribution in [2.45, 2.75) is 65.8 Å². The molecule has 0 bridgehead atoms. The number of carbonyl (C=O) groups excluding carboxylic acids is 1. The van der Waals surface area contributed by atoms with Crippen molar-refractivity contribution in [3.8, 4) is 5.75 Å². The number of hydrogen-bond acceptors (Lipinski definition) is 8. The molecule has 1 aromatic heterocycles. The molecule has 1 aromatic carbocycles. The van der Waals surface area contributed by atoms with Crippen LogP contribution < -0.4 is 10.8 Å². The maximum atomic E-state index is 11.7. The minimum atomic E-state index is -0.341. The number of aromatic hydroxyl groups is 1. The number of benzene rings is 1. The largest absolute Gasteiger partial charge is 0.508 e. The molecule has 8 nitrogen and oxygen atoms in total. The van der Waals surface area contributed by atoms with Gasteiger partial charge < -0.3 is 15.6 Å². The summed E-state index contributed by atoms with van der Waals surface area (Å²) in [6.07, 6.45) is 2.89. The zero-order chi connectivity index (χ0) is 22.3. The Morgan fingerprint density at radius 1 is 1.27 bits per heavy atom. The van der Waals surface area contributed by atoms with E-state index in [0.717, 1.165) is 19.3 Å². The predicted octanol–water partition coefficient (Wildman–Crippen LogP) is 3.54. The van der Waals surface area contributed by atoms with Gasteiger partial charge in [-0.25, -0.2) is 10.0 Å². The first-order valence-electron chi connectivity index (χ1n) is 10.4. The number of hydrogen-bond donors (Lipinski definition) is 3. The topological polar surface area (TPSA) is 122 Å². The van der Waals surface area contributed by atoms with Crippen molar-refractivity contribution in [2.24, 2.45) is 0 Å². The van der Waals surface area contributed by atoms with Crippen LogP contribution in [0.15, 0.2) is 18.2 Å². The highest BCUT2D eigenvalue weighted by atomic mass is 16.5. The van der Waals surface area contributed by atoms with Crippen LogP contribution in [0.2, 0.25) is 0 Å². The van der Waals surface area contributed by atoms with Crippen molar-refractivity contribution in [3.05, 3.63) is 40.6 Å². The maximum Gasteiger partial charge on any atom is 0.310 e. The van der Waals surface area contributed by atoms with Gasteiger partial charge in [-0.1, -0.05) is 32.4 Å². The van der Waals surface area contributed by atoms with Crippen molar-refractivity contribution in [2.75, 3.05) is 17.4 Å². The molecule has 0 saturated carbocycles. The lowest BCUT2D eigenvalue weighted by Gasteiger charge is -2.28. The zero-order valence-electron chi connectivity index (χ0n) is 18.2. The summed E-state index contributed by atoms with van der Waals surface area (Å²) in [7, 11) is 0. The van der Waals surface area contributed by atoms with Crippen molar-refractivity contribution < 1.29 is 19.8 Å². The Hall–Kier alpha value is -2.87. The number of phenols is 1. The SMILES string of the molecule is CCCC(CC)N(O)c1nc(N)nc(C)c1Cc1ccc(CC(=O)OCC)cc1O. The van der Waals surface area contributed by atoms with Gasteiger partial charge in [-0.3, -0.25) is 10.0 Å². The van der Waals surface area contributed by atoms with Crippen LogP contribution >= 0.6 is 0 Å². The number of ether oxygens (including phenoxy) is 1. The number of nitrogens with zero attached hydrogens (tertiary/aromatic N) is 3. The summed E-state index contributed by atoms with van der Waals surface area (Å²) in [6.45, 7) is 7.94. The molecule has 4 N–H and O–H groups in total. The quantitative estimate of drug-likeness (QED) is 0.397. The number of phenolic OH excluding ortho intramolecular Hbond substituents is 1. The highest BCUT2D eigenvalue weighted by molar-refractivity contribution is 5.72. The first-order valence-corrected chi connectivity index (χ1v) is 10.4. The molecule has 0 fully saturated rings. The summed E-state index contributed by atoms with van der Waals surface area (Å²) in [6, 6.07) is 5.00. The Morgan fingerprint density at radius 3 is 2.60 bits per heavy atom. The standard InChI is InChI=1S/C22H32N4O4/c1-5-8-17(6-2)26(29)21-18(14(4)24-22(23)25-21)13-16-10-9-15(11-19(16)27)12-20(28)30-7-3/h9-11,17,27,29H,5-8,12-13H2,1-4H3,(H2,23,24,25). The van der Waals surface area contributed by atoms with Crippen molar-refractivity contribution in [1.82, 2.24) is 9.97 Å². The Bertz CT molecular complexity index is 872. The smallest absolute Gasteiger partial charge is 0.310 e. The number of carbonyl (C=O) groups is 1. The van der Waals surface area contributed by atoms with E-state index in [2.05, 4.69) is 16.9 Å². The molecule has 1 atom stereocenters. The monoisotopic (exact) mass is 416 g/mol. The van der Waals surface area contributed by atoms with Crippen LogP contribution in [0.1, 0.15) is 62.4 Å². The third-order valence-electron chi connectivity index (χ3n) is 5.04. The van der Waals surface area contributed by atoms with Crippen molar-refractivity contribution in [3.63, 3.8) is 0 Å². The van der Waals surface area contributed by atoms with Crippen LogP contribution in [0.3, 0.4) is 0 Å². The highest BCUT2D eigenvalue weighted by Crippen LogP contribution is 2.30. The molecule has 0 amide bonds. The van der Waals surface area contributed by atoms with Crippen molar-refractivity contribution >= 4 is 17.7 Å². The molecule has 30 heavy (non-hydrogen) atoms. The third-order valence-corrected chi connectivity index (χ3v) is 5.04. The summed E-state index contributed by atoms with van der Waals surface area (Å²) < 4.78 is 4.95. The van der Waals surface area contributed by atoms with E-state index in [1.54, 1.807) is 32.0 Å². The fraction of sp³-hybridized carbons (Fsp3) is 0.500. The van der Waals surface area contributed by atoms with E-state index < -0.39 is 0 Å².